The molecule has 4 nitrogen and oxygen atoms in total. The quantitative estimate of drug-likeness (QED) is 0.869. The van der Waals surface area contributed by atoms with Gasteiger partial charge in [-0.25, -0.2) is 0 Å². The molecule has 1 aromatic rings. The molecule has 1 heterocycles. The van der Waals surface area contributed by atoms with E-state index in [1.54, 1.807) is 7.11 Å². The second-order valence-corrected chi connectivity index (χ2v) is 5.13. The van der Waals surface area contributed by atoms with E-state index in [4.69, 9.17) is 9.47 Å². The van der Waals surface area contributed by atoms with Gasteiger partial charge in [-0.2, -0.15) is 0 Å². The van der Waals surface area contributed by atoms with Crippen molar-refractivity contribution in [2.75, 3.05) is 20.3 Å². The van der Waals surface area contributed by atoms with E-state index in [0.717, 1.165) is 43.9 Å². The number of benzene rings is 1. The van der Waals surface area contributed by atoms with Crippen LogP contribution in [0.25, 0.3) is 0 Å². The fourth-order valence-electron chi connectivity index (χ4n) is 2.57. The van der Waals surface area contributed by atoms with Gasteiger partial charge in [0, 0.05) is 19.0 Å². The van der Waals surface area contributed by atoms with Crippen LogP contribution in [-0.2, 0) is 4.79 Å². The number of fused-ring (bicyclic) bond motifs is 1. The van der Waals surface area contributed by atoms with Gasteiger partial charge in [-0.05, 0) is 36.8 Å². The van der Waals surface area contributed by atoms with E-state index in [1.165, 1.54) is 5.56 Å². The number of carbonyl (C=O) groups is 1. The lowest BCUT2D eigenvalue weighted by atomic mass is 9.90. The van der Waals surface area contributed by atoms with E-state index in [9.17, 15) is 4.79 Å². The van der Waals surface area contributed by atoms with Gasteiger partial charge in [0.2, 0.25) is 5.91 Å². The Bertz CT molecular complexity index is 459. The first-order valence-corrected chi connectivity index (χ1v) is 7.32. The lowest BCUT2D eigenvalue weighted by molar-refractivity contribution is -0.121. The van der Waals surface area contributed by atoms with Crippen molar-refractivity contribution in [1.82, 2.24) is 5.32 Å². The van der Waals surface area contributed by atoms with Crippen molar-refractivity contribution in [3.8, 4) is 11.5 Å². The van der Waals surface area contributed by atoms with E-state index in [1.807, 2.05) is 19.1 Å². The van der Waals surface area contributed by atoms with Gasteiger partial charge in [0.25, 0.3) is 0 Å². The summed E-state index contributed by atoms with van der Waals surface area (Å²) in [5, 5.41) is 2.98. The summed E-state index contributed by atoms with van der Waals surface area (Å²) in [6, 6.07) is 5.99. The van der Waals surface area contributed by atoms with Gasteiger partial charge in [0.1, 0.15) is 11.5 Å². The van der Waals surface area contributed by atoms with E-state index in [0.29, 0.717) is 12.3 Å². The minimum absolute atomic E-state index is 0.148. The van der Waals surface area contributed by atoms with Crippen molar-refractivity contribution in [3.63, 3.8) is 0 Å². The Kier molecular flexibility index (Phi) is 5.27. The predicted octanol–water partition coefficient (Wildman–Crippen LogP) is 2.87. The smallest absolute Gasteiger partial charge is 0.219 e. The van der Waals surface area contributed by atoms with Crippen LogP contribution in [0.3, 0.4) is 0 Å². The van der Waals surface area contributed by atoms with Crippen molar-refractivity contribution >= 4 is 5.91 Å². The topological polar surface area (TPSA) is 47.6 Å². The van der Waals surface area contributed by atoms with Gasteiger partial charge in [-0.3, -0.25) is 4.79 Å². The lowest BCUT2D eigenvalue weighted by Gasteiger charge is -2.26. The largest absolute Gasteiger partial charge is 0.497 e. The molecule has 1 aliphatic rings. The highest BCUT2D eigenvalue weighted by molar-refractivity contribution is 5.75. The van der Waals surface area contributed by atoms with Crippen LogP contribution in [0.1, 0.15) is 44.1 Å². The van der Waals surface area contributed by atoms with Crippen molar-refractivity contribution in [2.24, 2.45) is 0 Å². The monoisotopic (exact) mass is 277 g/mol. The zero-order valence-electron chi connectivity index (χ0n) is 12.3. The molecule has 1 amide bonds. The Morgan fingerprint density at radius 2 is 2.35 bits per heavy atom. The molecule has 1 aliphatic heterocycles. The normalized spacial score (nSPS) is 17.0. The Morgan fingerprint density at radius 3 is 3.10 bits per heavy atom. The molecule has 0 radical (unpaired) electrons. The van der Waals surface area contributed by atoms with Gasteiger partial charge < -0.3 is 14.8 Å². The SMILES string of the molecule is CCCC(=O)NCCC1CCOc2cc(OC)ccc21. The molecule has 0 spiro atoms. The fraction of sp³-hybridized carbons (Fsp3) is 0.562. The van der Waals surface area contributed by atoms with Crippen molar-refractivity contribution in [3.05, 3.63) is 23.8 Å². The van der Waals surface area contributed by atoms with Crippen molar-refractivity contribution in [1.29, 1.82) is 0 Å². The maximum atomic E-state index is 11.5. The molecule has 2 rings (SSSR count). The van der Waals surface area contributed by atoms with E-state index < -0.39 is 0 Å². The van der Waals surface area contributed by atoms with Crippen molar-refractivity contribution in [2.45, 2.75) is 38.5 Å². The van der Waals surface area contributed by atoms with Crippen LogP contribution in [0.2, 0.25) is 0 Å². The van der Waals surface area contributed by atoms with Crippen LogP contribution in [-0.4, -0.2) is 26.2 Å². The van der Waals surface area contributed by atoms with Crippen LogP contribution in [0.4, 0.5) is 0 Å². The number of ether oxygens (including phenoxy) is 2. The molecule has 20 heavy (non-hydrogen) atoms. The number of methoxy groups -OCH3 is 1. The summed E-state index contributed by atoms with van der Waals surface area (Å²) in [6.07, 6.45) is 3.47. The summed E-state index contributed by atoms with van der Waals surface area (Å²) in [6.45, 7) is 3.48. The molecule has 110 valence electrons. The average Bonchev–Trinajstić information content (AvgIpc) is 2.47. The van der Waals surface area contributed by atoms with E-state index in [-0.39, 0.29) is 5.91 Å². The number of hydrogen-bond acceptors (Lipinski definition) is 3. The van der Waals surface area contributed by atoms with Gasteiger partial charge in [0.05, 0.1) is 13.7 Å². The zero-order chi connectivity index (χ0) is 14.4. The first-order chi connectivity index (χ1) is 9.74. The van der Waals surface area contributed by atoms with E-state index in [2.05, 4.69) is 11.4 Å². The van der Waals surface area contributed by atoms with E-state index >= 15 is 0 Å². The average molecular weight is 277 g/mol. The predicted molar refractivity (Wildman–Crippen MR) is 78.4 cm³/mol. The highest BCUT2D eigenvalue weighted by atomic mass is 16.5. The molecule has 1 N–H and O–H groups in total. The molecule has 0 fully saturated rings. The third kappa shape index (κ3) is 3.65. The Balaban J connectivity index is 1.93. The molecular weight excluding hydrogens is 254 g/mol. The standard InChI is InChI=1S/C16H23NO3/c1-3-4-16(18)17-9-7-12-8-10-20-15-11-13(19-2)5-6-14(12)15/h5-6,11-12H,3-4,7-10H2,1-2H3,(H,17,18). The highest BCUT2D eigenvalue weighted by Crippen LogP contribution is 2.37. The van der Waals surface area contributed by atoms with Crippen LogP contribution in [0, 0.1) is 0 Å². The summed E-state index contributed by atoms with van der Waals surface area (Å²) in [5.41, 5.74) is 1.22. The zero-order valence-corrected chi connectivity index (χ0v) is 12.3. The minimum atomic E-state index is 0.148. The maximum absolute atomic E-state index is 11.5. The number of carbonyl (C=O) groups excluding carboxylic acids is 1. The summed E-state index contributed by atoms with van der Waals surface area (Å²) in [7, 11) is 1.66. The first kappa shape index (κ1) is 14.7. The number of rotatable bonds is 6. The summed E-state index contributed by atoms with van der Waals surface area (Å²) in [5.74, 6) is 2.34. The third-order valence-corrected chi connectivity index (χ3v) is 3.68. The molecule has 0 aromatic heterocycles. The molecule has 0 saturated carbocycles. The summed E-state index contributed by atoms with van der Waals surface area (Å²) >= 11 is 0. The van der Waals surface area contributed by atoms with Crippen molar-refractivity contribution < 1.29 is 14.3 Å². The van der Waals surface area contributed by atoms with Crippen LogP contribution in [0.15, 0.2) is 18.2 Å². The molecule has 0 aliphatic carbocycles. The number of nitrogens with one attached hydrogen (secondary N) is 1. The molecule has 1 unspecified atom stereocenters. The molecule has 1 aromatic carbocycles. The number of hydrogen-bond donors (Lipinski definition) is 1. The van der Waals surface area contributed by atoms with Gasteiger partial charge in [-0.1, -0.05) is 13.0 Å². The molecule has 0 bridgehead atoms. The molecular formula is C16H23NO3. The van der Waals surface area contributed by atoms with Gasteiger partial charge in [-0.15, -0.1) is 0 Å². The third-order valence-electron chi connectivity index (χ3n) is 3.68. The maximum Gasteiger partial charge on any atom is 0.219 e. The Hall–Kier alpha value is -1.71. The second-order valence-electron chi connectivity index (χ2n) is 5.13. The first-order valence-electron chi connectivity index (χ1n) is 7.32. The minimum Gasteiger partial charge on any atom is -0.497 e. The lowest BCUT2D eigenvalue weighted by Crippen LogP contribution is -2.26. The fourth-order valence-corrected chi connectivity index (χ4v) is 2.57. The Morgan fingerprint density at radius 1 is 1.50 bits per heavy atom. The highest BCUT2D eigenvalue weighted by Gasteiger charge is 2.21. The Labute approximate surface area is 120 Å². The van der Waals surface area contributed by atoms with Crippen LogP contribution >= 0.6 is 0 Å². The molecule has 0 saturated heterocycles. The summed E-state index contributed by atoms with van der Waals surface area (Å²) < 4.78 is 10.9. The number of amides is 1. The van der Waals surface area contributed by atoms with Crippen LogP contribution in [0.5, 0.6) is 11.5 Å². The second kappa shape index (κ2) is 7.17. The van der Waals surface area contributed by atoms with Gasteiger partial charge >= 0.3 is 0 Å². The molecule has 1 atom stereocenters. The van der Waals surface area contributed by atoms with Crippen LogP contribution < -0.4 is 14.8 Å². The molecule has 4 heteroatoms. The van der Waals surface area contributed by atoms with Gasteiger partial charge in [0.15, 0.2) is 0 Å². The summed E-state index contributed by atoms with van der Waals surface area (Å²) in [4.78, 5) is 11.5.